The van der Waals surface area contributed by atoms with Crippen LogP contribution in [0.15, 0.2) is 18.7 Å². The fourth-order valence-corrected chi connectivity index (χ4v) is 2.30. The Morgan fingerprint density at radius 2 is 1.72 bits per heavy atom. The van der Waals surface area contributed by atoms with Crippen LogP contribution in [0.25, 0.3) is 0 Å². The average molecular weight is 409 g/mol. The summed E-state index contributed by atoms with van der Waals surface area (Å²) in [6.45, 7) is 8.61. The van der Waals surface area contributed by atoms with Gasteiger partial charge in [-0.05, 0) is 20.3 Å². The minimum atomic E-state index is -0.0313. The van der Waals surface area contributed by atoms with E-state index in [-0.39, 0.29) is 12.1 Å². The van der Waals surface area contributed by atoms with Crippen LogP contribution in [0.4, 0.5) is 11.9 Å². The molecule has 0 radical (unpaired) electrons. The Kier molecular flexibility index (Phi) is 10.7. The Morgan fingerprint density at radius 3 is 2.38 bits per heavy atom. The van der Waals surface area contributed by atoms with Crippen molar-refractivity contribution in [3.63, 3.8) is 0 Å². The van der Waals surface area contributed by atoms with Gasteiger partial charge in [0.1, 0.15) is 0 Å². The zero-order valence-corrected chi connectivity index (χ0v) is 17.2. The molecule has 0 saturated carbocycles. The molecule has 11 nitrogen and oxygen atoms in total. The second-order valence-corrected chi connectivity index (χ2v) is 6.45. The molecule has 2 heterocycles. The van der Waals surface area contributed by atoms with Crippen LogP contribution in [0.2, 0.25) is 0 Å². The highest BCUT2D eigenvalue weighted by molar-refractivity contribution is 5.35. The van der Waals surface area contributed by atoms with E-state index in [1.165, 1.54) is 0 Å². The molecule has 0 fully saturated rings. The molecule has 0 amide bonds. The number of nitrogens with two attached hydrogens (primary N) is 1. The molecular formula is C18H32N8O3. The predicted octanol–water partition coefficient (Wildman–Crippen LogP) is 0.761. The van der Waals surface area contributed by atoms with Gasteiger partial charge in [0.2, 0.25) is 11.9 Å². The van der Waals surface area contributed by atoms with Crippen LogP contribution in [0.5, 0.6) is 6.01 Å². The predicted molar refractivity (Wildman–Crippen MR) is 110 cm³/mol. The van der Waals surface area contributed by atoms with Crippen LogP contribution < -0.4 is 21.1 Å². The summed E-state index contributed by atoms with van der Waals surface area (Å²) in [5.41, 5.74) is 5.36. The lowest BCUT2D eigenvalue weighted by Crippen LogP contribution is -2.18. The van der Waals surface area contributed by atoms with Crippen molar-refractivity contribution in [2.45, 2.75) is 32.9 Å². The van der Waals surface area contributed by atoms with E-state index in [0.717, 1.165) is 13.0 Å². The van der Waals surface area contributed by atoms with Crippen LogP contribution in [-0.2, 0) is 16.0 Å². The minimum absolute atomic E-state index is 0.0313. The number of hydrogen-bond acceptors (Lipinski definition) is 10. The molecule has 2 aromatic heterocycles. The van der Waals surface area contributed by atoms with Crippen LogP contribution in [0.1, 0.15) is 20.3 Å². The fourth-order valence-electron chi connectivity index (χ4n) is 2.30. The Hall–Kier alpha value is -2.50. The molecule has 0 aliphatic rings. The van der Waals surface area contributed by atoms with E-state index in [0.29, 0.717) is 58.0 Å². The summed E-state index contributed by atoms with van der Waals surface area (Å²) < 4.78 is 18.4. The van der Waals surface area contributed by atoms with Crippen molar-refractivity contribution >= 4 is 11.9 Å². The van der Waals surface area contributed by atoms with Gasteiger partial charge in [0.15, 0.2) is 0 Å². The molecule has 0 unspecified atom stereocenters. The number of ether oxygens (including phenoxy) is 3. The van der Waals surface area contributed by atoms with Crippen molar-refractivity contribution < 1.29 is 14.2 Å². The Morgan fingerprint density at radius 1 is 1.00 bits per heavy atom. The number of aromatic nitrogens is 5. The number of anilines is 2. The first-order valence-corrected chi connectivity index (χ1v) is 9.89. The van der Waals surface area contributed by atoms with Crippen molar-refractivity contribution in [2.24, 2.45) is 5.73 Å². The van der Waals surface area contributed by atoms with Gasteiger partial charge in [0, 0.05) is 38.6 Å². The van der Waals surface area contributed by atoms with Gasteiger partial charge in [-0.15, -0.1) is 0 Å². The number of rotatable bonds is 16. The Bertz CT molecular complexity index is 669. The lowest BCUT2D eigenvalue weighted by atomic mass is 10.4. The standard InChI is InChI=1S/C18H32N8O3/c1-15(2)29-18-24-16(21-5-3-8-26-9-6-20-14-26)23-17(25-18)22-7-11-28-13-12-27-10-4-19/h6,9,14-15H,3-5,7-8,10-13,19H2,1-2H3,(H2,21,22,23,24,25). The molecule has 11 heteroatoms. The maximum atomic E-state index is 5.63. The molecule has 0 aliphatic carbocycles. The van der Waals surface area contributed by atoms with E-state index in [1.807, 2.05) is 24.6 Å². The Labute approximate surface area is 171 Å². The third-order valence-electron chi connectivity index (χ3n) is 3.56. The molecule has 0 spiro atoms. The summed E-state index contributed by atoms with van der Waals surface area (Å²) in [5.74, 6) is 0.913. The van der Waals surface area contributed by atoms with Crippen molar-refractivity contribution in [1.82, 2.24) is 24.5 Å². The SMILES string of the molecule is CC(C)Oc1nc(NCCCn2ccnc2)nc(NCCOCCOCCN)n1. The van der Waals surface area contributed by atoms with Gasteiger partial charge >= 0.3 is 6.01 Å². The molecule has 4 N–H and O–H groups in total. The summed E-state index contributed by atoms with van der Waals surface area (Å²) in [7, 11) is 0. The third kappa shape index (κ3) is 10.0. The summed E-state index contributed by atoms with van der Waals surface area (Å²) in [6, 6.07) is 0.283. The number of nitrogens with one attached hydrogen (secondary N) is 2. The van der Waals surface area contributed by atoms with E-state index >= 15 is 0 Å². The van der Waals surface area contributed by atoms with Gasteiger partial charge in [-0.25, -0.2) is 4.98 Å². The second kappa shape index (κ2) is 13.6. The van der Waals surface area contributed by atoms with E-state index in [9.17, 15) is 0 Å². The average Bonchev–Trinajstić information content (AvgIpc) is 3.20. The molecular weight excluding hydrogens is 376 g/mol. The van der Waals surface area contributed by atoms with Crippen LogP contribution >= 0.6 is 0 Å². The first kappa shape index (κ1) is 22.8. The molecule has 162 valence electrons. The summed E-state index contributed by atoms with van der Waals surface area (Å²) in [4.78, 5) is 17.0. The van der Waals surface area contributed by atoms with Crippen molar-refractivity contribution in [3.05, 3.63) is 18.7 Å². The molecule has 0 atom stereocenters. The van der Waals surface area contributed by atoms with Crippen molar-refractivity contribution in [3.8, 4) is 6.01 Å². The van der Waals surface area contributed by atoms with Gasteiger partial charge in [-0.2, -0.15) is 15.0 Å². The van der Waals surface area contributed by atoms with Crippen LogP contribution in [-0.4, -0.2) is 76.7 Å². The normalized spacial score (nSPS) is 11.0. The highest BCUT2D eigenvalue weighted by Gasteiger charge is 2.09. The van der Waals surface area contributed by atoms with E-state index in [4.69, 9.17) is 19.9 Å². The fraction of sp³-hybridized carbons (Fsp3) is 0.667. The number of imidazole rings is 1. The van der Waals surface area contributed by atoms with Gasteiger partial charge in [0.25, 0.3) is 0 Å². The first-order chi connectivity index (χ1) is 14.2. The molecule has 0 bridgehead atoms. The lowest BCUT2D eigenvalue weighted by molar-refractivity contribution is 0.0547. The van der Waals surface area contributed by atoms with Gasteiger partial charge < -0.3 is 35.1 Å². The van der Waals surface area contributed by atoms with Gasteiger partial charge in [0.05, 0.1) is 38.9 Å². The van der Waals surface area contributed by atoms with Gasteiger partial charge in [-0.1, -0.05) is 0 Å². The monoisotopic (exact) mass is 408 g/mol. The maximum Gasteiger partial charge on any atom is 0.323 e. The lowest BCUT2D eigenvalue weighted by Gasteiger charge is -2.12. The topological polar surface area (TPSA) is 134 Å². The molecule has 2 rings (SSSR count). The Balaban J connectivity index is 1.77. The zero-order valence-electron chi connectivity index (χ0n) is 17.2. The van der Waals surface area contributed by atoms with Crippen molar-refractivity contribution in [1.29, 1.82) is 0 Å². The van der Waals surface area contributed by atoms with Crippen LogP contribution in [0, 0.1) is 0 Å². The smallest absolute Gasteiger partial charge is 0.323 e. The molecule has 2 aromatic rings. The first-order valence-electron chi connectivity index (χ1n) is 9.89. The van der Waals surface area contributed by atoms with Crippen LogP contribution in [0.3, 0.4) is 0 Å². The highest BCUT2D eigenvalue weighted by atomic mass is 16.5. The summed E-state index contributed by atoms with van der Waals surface area (Å²) >= 11 is 0. The third-order valence-corrected chi connectivity index (χ3v) is 3.56. The summed E-state index contributed by atoms with van der Waals surface area (Å²) in [5, 5.41) is 6.35. The minimum Gasteiger partial charge on any atom is -0.461 e. The zero-order chi connectivity index (χ0) is 20.7. The largest absolute Gasteiger partial charge is 0.461 e. The molecule has 0 saturated heterocycles. The molecule has 29 heavy (non-hydrogen) atoms. The number of hydrogen-bond donors (Lipinski definition) is 3. The maximum absolute atomic E-state index is 5.63. The number of aryl methyl sites for hydroxylation is 1. The quantitative estimate of drug-likeness (QED) is 0.342. The number of nitrogens with zero attached hydrogens (tertiary/aromatic N) is 5. The molecule has 0 aromatic carbocycles. The van der Waals surface area contributed by atoms with Crippen molar-refractivity contribution in [2.75, 3.05) is 56.7 Å². The second-order valence-electron chi connectivity index (χ2n) is 6.45. The summed E-state index contributed by atoms with van der Waals surface area (Å²) in [6.07, 6.45) is 6.38. The van der Waals surface area contributed by atoms with E-state index < -0.39 is 0 Å². The van der Waals surface area contributed by atoms with E-state index in [1.54, 1.807) is 12.5 Å². The molecule has 0 aliphatic heterocycles. The van der Waals surface area contributed by atoms with E-state index in [2.05, 4.69) is 30.6 Å². The van der Waals surface area contributed by atoms with Gasteiger partial charge in [-0.3, -0.25) is 0 Å². The highest BCUT2D eigenvalue weighted by Crippen LogP contribution is 2.12.